The zero-order chi connectivity index (χ0) is 19.5. The fourth-order valence-electron chi connectivity index (χ4n) is 3.94. The van der Waals surface area contributed by atoms with Gasteiger partial charge in [-0.25, -0.2) is 13.1 Å². The summed E-state index contributed by atoms with van der Waals surface area (Å²) in [5.41, 5.74) is -0.177. The zero-order valence-corrected chi connectivity index (χ0v) is 17.1. The van der Waals surface area contributed by atoms with E-state index in [1.807, 2.05) is 13.8 Å². The lowest BCUT2D eigenvalue weighted by molar-refractivity contribution is -0.137. The second kappa shape index (κ2) is 8.25. The molecule has 0 aromatic carbocycles. The lowest BCUT2D eigenvalue weighted by atomic mass is 9.66. The first-order chi connectivity index (χ1) is 12.1. The average molecular weight is 388 g/mol. The molecule has 0 saturated heterocycles. The van der Waals surface area contributed by atoms with Crippen LogP contribution in [0.25, 0.3) is 0 Å². The van der Waals surface area contributed by atoms with E-state index in [0.29, 0.717) is 6.42 Å². The van der Waals surface area contributed by atoms with Crippen LogP contribution in [-0.2, 0) is 19.6 Å². The maximum atomic E-state index is 12.5. The van der Waals surface area contributed by atoms with Crippen molar-refractivity contribution in [1.29, 1.82) is 0 Å². The van der Waals surface area contributed by atoms with Crippen LogP contribution in [0.5, 0.6) is 0 Å². The number of sulfonamides is 1. The van der Waals surface area contributed by atoms with Gasteiger partial charge in [0.05, 0.1) is 6.26 Å². The summed E-state index contributed by atoms with van der Waals surface area (Å²) < 4.78 is 25.4. The Hall–Kier alpha value is -1.15. The van der Waals surface area contributed by atoms with Crippen LogP contribution in [0.15, 0.2) is 0 Å². The van der Waals surface area contributed by atoms with E-state index < -0.39 is 16.1 Å². The third-order valence-corrected chi connectivity index (χ3v) is 6.56. The molecule has 1 unspecified atom stereocenters. The van der Waals surface area contributed by atoms with Crippen LogP contribution < -0.4 is 15.4 Å². The first-order valence-electron chi connectivity index (χ1n) is 9.65. The molecule has 0 heterocycles. The van der Waals surface area contributed by atoms with Crippen LogP contribution in [0, 0.1) is 11.3 Å². The van der Waals surface area contributed by atoms with E-state index in [0.717, 1.165) is 44.8 Å². The van der Waals surface area contributed by atoms with E-state index in [9.17, 15) is 18.0 Å². The molecule has 2 saturated carbocycles. The van der Waals surface area contributed by atoms with Crippen molar-refractivity contribution < 1.29 is 18.0 Å². The lowest BCUT2D eigenvalue weighted by Gasteiger charge is -2.40. The van der Waals surface area contributed by atoms with Crippen molar-refractivity contribution in [1.82, 2.24) is 15.4 Å². The average Bonchev–Trinajstić information content (AvgIpc) is 2.90. The smallest absolute Gasteiger partial charge is 0.238 e. The molecule has 0 radical (unpaired) electrons. The van der Waals surface area contributed by atoms with E-state index in [1.54, 1.807) is 0 Å². The molecule has 7 nitrogen and oxygen atoms in total. The summed E-state index contributed by atoms with van der Waals surface area (Å²) in [5, 5.41) is 6.11. The predicted octanol–water partition coefficient (Wildman–Crippen LogP) is 1.29. The van der Waals surface area contributed by atoms with Crippen molar-refractivity contribution in [2.75, 3.05) is 6.26 Å². The van der Waals surface area contributed by atoms with Gasteiger partial charge in [0.1, 0.15) is 6.04 Å². The maximum absolute atomic E-state index is 12.5. The predicted molar refractivity (Wildman–Crippen MR) is 101 cm³/mol. The van der Waals surface area contributed by atoms with Gasteiger partial charge in [0, 0.05) is 17.5 Å². The van der Waals surface area contributed by atoms with Gasteiger partial charge in [-0.15, -0.1) is 0 Å². The van der Waals surface area contributed by atoms with Crippen molar-refractivity contribution in [3.8, 4) is 0 Å². The van der Waals surface area contributed by atoms with Gasteiger partial charge in [0.2, 0.25) is 21.8 Å². The molecule has 2 amide bonds. The van der Waals surface area contributed by atoms with Crippen molar-refractivity contribution in [2.45, 2.75) is 83.8 Å². The Balaban J connectivity index is 1.86. The molecule has 3 atom stereocenters. The lowest BCUT2D eigenvalue weighted by Crippen LogP contribution is -2.52. The highest BCUT2D eigenvalue weighted by molar-refractivity contribution is 7.88. The van der Waals surface area contributed by atoms with E-state index >= 15 is 0 Å². The Morgan fingerprint density at radius 2 is 1.69 bits per heavy atom. The molecule has 0 aliphatic heterocycles. The van der Waals surface area contributed by atoms with Gasteiger partial charge in [-0.3, -0.25) is 9.59 Å². The molecule has 0 aromatic heterocycles. The molecule has 0 bridgehead atoms. The summed E-state index contributed by atoms with van der Waals surface area (Å²) in [6, 6.07) is -0.733. The van der Waals surface area contributed by atoms with Gasteiger partial charge in [0.25, 0.3) is 0 Å². The molecule has 2 fully saturated rings. The molecular formula is C18H33N3O4S. The Morgan fingerprint density at radius 3 is 2.12 bits per heavy atom. The van der Waals surface area contributed by atoms with E-state index in [4.69, 9.17) is 0 Å². The molecular weight excluding hydrogens is 354 g/mol. The molecule has 2 aliphatic rings. The number of carbonyl (C=O) groups excluding carboxylic acids is 2. The molecule has 26 heavy (non-hydrogen) atoms. The monoisotopic (exact) mass is 387 g/mol. The van der Waals surface area contributed by atoms with Gasteiger partial charge >= 0.3 is 0 Å². The van der Waals surface area contributed by atoms with E-state index in [1.165, 1.54) is 0 Å². The largest absolute Gasteiger partial charge is 0.353 e. The number of carbonyl (C=O) groups is 2. The maximum Gasteiger partial charge on any atom is 0.238 e. The highest BCUT2D eigenvalue weighted by Gasteiger charge is 2.43. The first-order valence-corrected chi connectivity index (χ1v) is 11.5. The second-order valence-electron chi connectivity index (χ2n) is 8.29. The summed E-state index contributed by atoms with van der Waals surface area (Å²) >= 11 is 0. The summed E-state index contributed by atoms with van der Waals surface area (Å²) in [7, 11) is -3.46. The van der Waals surface area contributed by atoms with Crippen LogP contribution in [-0.4, -0.2) is 44.6 Å². The highest BCUT2D eigenvalue weighted by Crippen LogP contribution is 2.44. The quantitative estimate of drug-likeness (QED) is 0.584. The summed E-state index contributed by atoms with van der Waals surface area (Å²) in [6.45, 7) is 5.68. The molecule has 0 aromatic rings. The Bertz CT molecular complexity index is 623. The standard InChI is InChI=1S/C18H33N3O4S/c1-5-18(9-6-10-18)17(23)20-14-8-7-13(11-14)19-16(22)15(12(2)3)21-26(4,24)25/h12-15,21H,5-11H2,1-4H3,(H,19,22)(H,20,23)/t13-,14+,15?/m0/s1. The fourth-order valence-corrected chi connectivity index (χ4v) is 4.78. The summed E-state index contributed by atoms with van der Waals surface area (Å²) in [5.74, 6) is -0.293. The van der Waals surface area contributed by atoms with Crippen LogP contribution in [0.1, 0.15) is 65.7 Å². The van der Waals surface area contributed by atoms with Crippen molar-refractivity contribution in [2.24, 2.45) is 11.3 Å². The number of hydrogen-bond acceptors (Lipinski definition) is 4. The van der Waals surface area contributed by atoms with E-state index in [-0.39, 0.29) is 35.2 Å². The molecule has 150 valence electrons. The highest BCUT2D eigenvalue weighted by atomic mass is 32.2. The van der Waals surface area contributed by atoms with Gasteiger partial charge < -0.3 is 10.6 Å². The molecule has 0 spiro atoms. The number of hydrogen-bond donors (Lipinski definition) is 3. The second-order valence-corrected chi connectivity index (χ2v) is 10.1. The number of nitrogens with one attached hydrogen (secondary N) is 3. The summed E-state index contributed by atoms with van der Waals surface area (Å²) in [4.78, 5) is 25.0. The molecule has 3 N–H and O–H groups in total. The Kier molecular flexibility index (Phi) is 6.71. The minimum Gasteiger partial charge on any atom is -0.353 e. The number of amides is 2. The minimum atomic E-state index is -3.46. The van der Waals surface area contributed by atoms with Gasteiger partial charge in [-0.2, -0.15) is 0 Å². The molecule has 2 aliphatic carbocycles. The van der Waals surface area contributed by atoms with Crippen LogP contribution >= 0.6 is 0 Å². The molecule has 2 rings (SSSR count). The van der Waals surface area contributed by atoms with Crippen molar-refractivity contribution >= 4 is 21.8 Å². The fraction of sp³-hybridized carbons (Fsp3) is 0.889. The Labute approximate surface area is 157 Å². The first kappa shape index (κ1) is 21.2. The van der Waals surface area contributed by atoms with Crippen LogP contribution in [0.2, 0.25) is 0 Å². The topological polar surface area (TPSA) is 104 Å². The summed E-state index contributed by atoms with van der Waals surface area (Å²) in [6.07, 6.45) is 7.31. The Morgan fingerprint density at radius 1 is 1.12 bits per heavy atom. The van der Waals surface area contributed by atoms with Crippen LogP contribution in [0.4, 0.5) is 0 Å². The minimum absolute atomic E-state index is 0.0330. The number of rotatable bonds is 8. The van der Waals surface area contributed by atoms with Crippen molar-refractivity contribution in [3.63, 3.8) is 0 Å². The SMILES string of the molecule is CCC1(C(=O)N[C@@H]2CC[C@H](NC(=O)C(NS(C)(=O)=O)C(C)C)C2)CCC1. The third-order valence-electron chi connectivity index (χ3n) is 5.87. The van der Waals surface area contributed by atoms with Gasteiger partial charge in [-0.1, -0.05) is 27.2 Å². The van der Waals surface area contributed by atoms with Crippen molar-refractivity contribution in [3.05, 3.63) is 0 Å². The van der Waals surface area contributed by atoms with E-state index in [2.05, 4.69) is 22.3 Å². The third kappa shape index (κ3) is 5.19. The molecule has 8 heteroatoms. The van der Waals surface area contributed by atoms with Gasteiger partial charge in [0.15, 0.2) is 0 Å². The van der Waals surface area contributed by atoms with Gasteiger partial charge in [-0.05, 0) is 44.4 Å². The normalized spacial score (nSPS) is 26.2. The zero-order valence-electron chi connectivity index (χ0n) is 16.3. The van der Waals surface area contributed by atoms with Crippen LogP contribution in [0.3, 0.4) is 0 Å².